The summed E-state index contributed by atoms with van der Waals surface area (Å²) in [7, 11) is 0. The first-order valence-electron chi connectivity index (χ1n) is 9.19. The van der Waals surface area contributed by atoms with Gasteiger partial charge in [-0.3, -0.25) is 9.67 Å². The summed E-state index contributed by atoms with van der Waals surface area (Å²) < 4.78 is 7.41. The minimum atomic E-state index is -0.472. The second kappa shape index (κ2) is 10.1. The number of amides is 1. The molecule has 0 bridgehead atoms. The van der Waals surface area contributed by atoms with E-state index in [1.165, 1.54) is 0 Å². The van der Waals surface area contributed by atoms with Gasteiger partial charge in [-0.1, -0.05) is 0 Å². The van der Waals surface area contributed by atoms with Crippen LogP contribution in [0, 0.1) is 13.8 Å². The van der Waals surface area contributed by atoms with Gasteiger partial charge in [-0.05, 0) is 47.1 Å². The van der Waals surface area contributed by atoms with E-state index in [2.05, 4.69) is 23.1 Å². The molecule has 1 fully saturated rings. The first-order chi connectivity index (χ1) is 12.2. The van der Waals surface area contributed by atoms with Gasteiger partial charge in [0.1, 0.15) is 5.60 Å². The summed E-state index contributed by atoms with van der Waals surface area (Å²) >= 11 is 0. The van der Waals surface area contributed by atoms with Gasteiger partial charge < -0.3 is 20.3 Å². The lowest BCUT2D eigenvalue weighted by atomic mass is 10.2. The average molecular weight is 492 g/mol. The number of aryl methyl sites for hydroxylation is 3. The normalized spacial score (nSPS) is 15.5. The Morgan fingerprint density at radius 1 is 1.22 bits per heavy atom. The van der Waals surface area contributed by atoms with Gasteiger partial charge in [0.2, 0.25) is 0 Å². The van der Waals surface area contributed by atoms with E-state index in [1.807, 2.05) is 37.3 Å². The van der Waals surface area contributed by atoms with Crippen molar-refractivity contribution in [1.29, 1.82) is 0 Å². The Bertz CT molecular complexity index is 645. The molecule has 0 saturated carbocycles. The number of halogens is 1. The third-order valence-electron chi connectivity index (χ3n) is 4.16. The molecule has 2 rings (SSSR count). The van der Waals surface area contributed by atoms with Crippen LogP contribution in [0.1, 0.15) is 38.6 Å². The van der Waals surface area contributed by atoms with Gasteiger partial charge in [0.05, 0.1) is 5.69 Å². The lowest BCUT2D eigenvalue weighted by molar-refractivity contribution is 0.0186. The molecule has 0 unspecified atom stereocenters. The van der Waals surface area contributed by atoms with E-state index in [4.69, 9.17) is 10.5 Å². The van der Waals surface area contributed by atoms with Crippen LogP contribution in [0.2, 0.25) is 0 Å². The minimum absolute atomic E-state index is 0. The van der Waals surface area contributed by atoms with Gasteiger partial charge in [-0.2, -0.15) is 5.10 Å². The molecule has 0 aliphatic carbocycles. The Balaban J connectivity index is 0.00000364. The Morgan fingerprint density at radius 2 is 1.81 bits per heavy atom. The monoisotopic (exact) mass is 492 g/mol. The second-order valence-electron chi connectivity index (χ2n) is 7.70. The van der Waals surface area contributed by atoms with E-state index >= 15 is 0 Å². The van der Waals surface area contributed by atoms with Gasteiger partial charge in [0.15, 0.2) is 5.96 Å². The smallest absolute Gasteiger partial charge is 0.410 e. The highest BCUT2D eigenvalue weighted by atomic mass is 127. The number of hydrogen-bond donors (Lipinski definition) is 1. The molecular formula is C18H33IN6O2. The van der Waals surface area contributed by atoms with Gasteiger partial charge >= 0.3 is 6.09 Å². The van der Waals surface area contributed by atoms with Crippen LogP contribution in [0.15, 0.2) is 11.1 Å². The van der Waals surface area contributed by atoms with Crippen molar-refractivity contribution in [3.63, 3.8) is 0 Å². The summed E-state index contributed by atoms with van der Waals surface area (Å²) in [6, 6.07) is 2.07. The van der Waals surface area contributed by atoms with Crippen LogP contribution in [-0.2, 0) is 11.3 Å². The number of ether oxygens (including phenoxy) is 1. The number of guanidine groups is 1. The van der Waals surface area contributed by atoms with E-state index < -0.39 is 5.60 Å². The molecule has 1 amide bonds. The summed E-state index contributed by atoms with van der Waals surface area (Å²) in [5, 5.41) is 4.44. The predicted molar refractivity (Wildman–Crippen MR) is 118 cm³/mol. The molecule has 1 aromatic heterocycles. The molecule has 0 radical (unpaired) electrons. The molecule has 1 aromatic rings. The summed E-state index contributed by atoms with van der Waals surface area (Å²) in [6.45, 7) is 13.7. The number of aromatic nitrogens is 2. The number of aliphatic imine (C=N–C) groups is 1. The Labute approximate surface area is 179 Å². The van der Waals surface area contributed by atoms with Crippen molar-refractivity contribution in [3.8, 4) is 0 Å². The highest BCUT2D eigenvalue weighted by molar-refractivity contribution is 14.0. The van der Waals surface area contributed by atoms with Crippen LogP contribution in [0.3, 0.4) is 0 Å². The Morgan fingerprint density at radius 3 is 2.33 bits per heavy atom. The molecule has 0 aromatic carbocycles. The fraction of sp³-hybridized carbons (Fsp3) is 0.722. The number of hydrogen-bond acceptors (Lipinski definition) is 4. The molecular weight excluding hydrogens is 459 g/mol. The molecule has 2 heterocycles. The fourth-order valence-electron chi connectivity index (χ4n) is 2.86. The van der Waals surface area contributed by atoms with E-state index in [-0.39, 0.29) is 30.1 Å². The van der Waals surface area contributed by atoms with Crippen LogP contribution >= 0.6 is 24.0 Å². The topological polar surface area (TPSA) is 89.0 Å². The maximum Gasteiger partial charge on any atom is 0.410 e. The third-order valence-corrected chi connectivity index (χ3v) is 4.16. The quantitative estimate of drug-likeness (QED) is 0.302. The van der Waals surface area contributed by atoms with E-state index in [1.54, 1.807) is 4.90 Å². The highest BCUT2D eigenvalue weighted by Gasteiger charge is 2.26. The molecule has 0 spiro atoms. The molecule has 0 atom stereocenters. The lowest BCUT2D eigenvalue weighted by Gasteiger charge is -2.36. The van der Waals surface area contributed by atoms with Crippen LogP contribution in [0.5, 0.6) is 0 Å². The zero-order valence-electron chi connectivity index (χ0n) is 17.1. The number of nitrogens with zero attached hydrogens (tertiary/aromatic N) is 5. The molecule has 1 aliphatic rings. The summed E-state index contributed by atoms with van der Waals surface area (Å²) in [4.78, 5) is 20.3. The highest BCUT2D eigenvalue weighted by Crippen LogP contribution is 2.12. The summed E-state index contributed by atoms with van der Waals surface area (Å²) in [5.74, 6) is 0.544. The molecule has 1 saturated heterocycles. The van der Waals surface area contributed by atoms with Crippen LogP contribution < -0.4 is 5.73 Å². The maximum atomic E-state index is 12.1. The first kappa shape index (κ1) is 23.5. The SMILES string of the molecule is Cc1cc(C)n(CCCN=C(N)N2CCN(C(=O)OC(C)(C)C)CC2)n1.I. The number of piperazine rings is 1. The van der Waals surface area contributed by atoms with Crippen molar-refractivity contribution in [2.45, 2.75) is 53.2 Å². The second-order valence-corrected chi connectivity index (χ2v) is 7.70. The lowest BCUT2D eigenvalue weighted by Crippen LogP contribution is -2.53. The molecule has 9 heteroatoms. The standard InChI is InChI=1S/C18H32N6O2.HI/c1-14-13-15(2)24(21-14)8-6-7-20-16(19)22-9-11-23(12-10-22)17(25)26-18(3,4)5;/h13H,6-12H2,1-5H3,(H2,19,20);1H. The predicted octanol–water partition coefficient (Wildman–Crippen LogP) is 2.38. The summed E-state index contributed by atoms with van der Waals surface area (Å²) in [5.41, 5.74) is 7.83. The van der Waals surface area contributed by atoms with E-state index in [0.717, 1.165) is 24.4 Å². The minimum Gasteiger partial charge on any atom is -0.444 e. The molecule has 1 aliphatic heterocycles. The number of carbonyl (C=O) groups is 1. The molecule has 8 nitrogen and oxygen atoms in total. The largest absolute Gasteiger partial charge is 0.444 e. The Hall–Kier alpha value is -1.52. The maximum absolute atomic E-state index is 12.1. The van der Waals surface area contributed by atoms with Gasteiger partial charge in [-0.15, -0.1) is 24.0 Å². The zero-order chi connectivity index (χ0) is 19.3. The van der Waals surface area contributed by atoms with Gasteiger partial charge in [0, 0.05) is 45.0 Å². The van der Waals surface area contributed by atoms with Crippen LogP contribution in [0.25, 0.3) is 0 Å². The van der Waals surface area contributed by atoms with E-state index in [9.17, 15) is 4.79 Å². The Kier molecular flexibility index (Phi) is 8.83. The average Bonchev–Trinajstić information content (AvgIpc) is 2.87. The van der Waals surface area contributed by atoms with Crippen molar-refractivity contribution >= 4 is 36.0 Å². The molecule has 27 heavy (non-hydrogen) atoms. The van der Waals surface area contributed by atoms with Crippen LogP contribution in [0.4, 0.5) is 4.79 Å². The van der Waals surface area contributed by atoms with Crippen molar-refractivity contribution in [2.75, 3.05) is 32.7 Å². The third kappa shape index (κ3) is 7.55. The number of carbonyl (C=O) groups excluding carboxylic acids is 1. The fourth-order valence-corrected chi connectivity index (χ4v) is 2.86. The van der Waals surface area contributed by atoms with Crippen molar-refractivity contribution in [1.82, 2.24) is 19.6 Å². The molecule has 154 valence electrons. The number of rotatable bonds is 4. The first-order valence-corrected chi connectivity index (χ1v) is 9.19. The zero-order valence-corrected chi connectivity index (χ0v) is 19.4. The number of nitrogens with two attached hydrogens (primary N) is 1. The van der Waals surface area contributed by atoms with E-state index in [0.29, 0.717) is 38.7 Å². The van der Waals surface area contributed by atoms with Gasteiger partial charge in [0.25, 0.3) is 0 Å². The van der Waals surface area contributed by atoms with Crippen molar-refractivity contribution in [2.24, 2.45) is 10.7 Å². The van der Waals surface area contributed by atoms with Crippen LogP contribution in [-0.4, -0.2) is 70.0 Å². The summed E-state index contributed by atoms with van der Waals surface area (Å²) in [6.07, 6.45) is 0.623. The molecule has 2 N–H and O–H groups in total. The van der Waals surface area contributed by atoms with Gasteiger partial charge in [-0.25, -0.2) is 4.79 Å². The van der Waals surface area contributed by atoms with Crippen molar-refractivity contribution in [3.05, 3.63) is 17.5 Å². The van der Waals surface area contributed by atoms with Crippen molar-refractivity contribution < 1.29 is 9.53 Å².